The molecule has 0 aliphatic rings. The first kappa shape index (κ1) is 16.6. The number of aromatic nitrogens is 1. The van der Waals surface area contributed by atoms with Crippen LogP contribution in [0.1, 0.15) is 6.92 Å². The number of nitrogens with one attached hydrogen (secondary N) is 2. The average Bonchev–Trinajstić information content (AvgIpc) is 2.48. The maximum atomic E-state index is 12.2. The van der Waals surface area contributed by atoms with Crippen LogP contribution in [-0.4, -0.2) is 25.4 Å². The number of rotatable bonds is 5. The van der Waals surface area contributed by atoms with Gasteiger partial charge in [-0.2, -0.15) is 4.72 Å². The number of amides is 1. The van der Waals surface area contributed by atoms with Gasteiger partial charge in [0.1, 0.15) is 5.82 Å². The Morgan fingerprint density at radius 1 is 1.18 bits per heavy atom. The van der Waals surface area contributed by atoms with E-state index in [0.29, 0.717) is 5.82 Å². The second kappa shape index (κ2) is 6.99. The van der Waals surface area contributed by atoms with Crippen LogP contribution in [0.3, 0.4) is 0 Å². The summed E-state index contributed by atoms with van der Waals surface area (Å²) in [6.07, 6.45) is 1.53. The van der Waals surface area contributed by atoms with Crippen molar-refractivity contribution in [2.45, 2.75) is 17.9 Å². The minimum atomic E-state index is -3.77. The quantitative estimate of drug-likeness (QED) is 0.827. The lowest BCUT2D eigenvalue weighted by Gasteiger charge is -2.14. The summed E-state index contributed by atoms with van der Waals surface area (Å²) >= 11 is 3.24. The Morgan fingerprint density at radius 2 is 1.86 bits per heavy atom. The molecule has 0 radical (unpaired) electrons. The van der Waals surface area contributed by atoms with Crippen LogP contribution in [0.2, 0.25) is 0 Å². The molecule has 116 valence electrons. The Balaban J connectivity index is 2.05. The van der Waals surface area contributed by atoms with Crippen LogP contribution in [0.25, 0.3) is 0 Å². The van der Waals surface area contributed by atoms with Gasteiger partial charge in [-0.1, -0.05) is 22.0 Å². The lowest BCUT2D eigenvalue weighted by Crippen LogP contribution is -2.41. The van der Waals surface area contributed by atoms with Crippen LogP contribution in [0.4, 0.5) is 5.82 Å². The molecule has 2 aromatic rings. The van der Waals surface area contributed by atoms with Crippen molar-refractivity contribution in [2.75, 3.05) is 5.32 Å². The third kappa shape index (κ3) is 4.36. The topological polar surface area (TPSA) is 88.2 Å². The van der Waals surface area contributed by atoms with Crippen LogP contribution in [0, 0.1) is 0 Å². The van der Waals surface area contributed by atoms with Gasteiger partial charge in [0.25, 0.3) is 0 Å². The molecule has 0 saturated carbocycles. The number of anilines is 1. The first-order valence-corrected chi connectivity index (χ1v) is 8.66. The average molecular weight is 384 g/mol. The summed E-state index contributed by atoms with van der Waals surface area (Å²) in [6.45, 7) is 1.47. The zero-order chi connectivity index (χ0) is 16.2. The molecule has 0 aliphatic heterocycles. The highest BCUT2D eigenvalue weighted by atomic mass is 79.9. The monoisotopic (exact) mass is 383 g/mol. The van der Waals surface area contributed by atoms with Crippen LogP contribution in [0.5, 0.6) is 0 Å². The van der Waals surface area contributed by atoms with E-state index in [0.717, 1.165) is 4.47 Å². The van der Waals surface area contributed by atoms with Crippen LogP contribution in [-0.2, 0) is 14.8 Å². The lowest BCUT2D eigenvalue weighted by atomic mass is 10.3. The summed E-state index contributed by atoms with van der Waals surface area (Å²) in [7, 11) is -3.77. The fourth-order valence-corrected chi connectivity index (χ4v) is 3.11. The maximum Gasteiger partial charge on any atom is 0.243 e. The third-order valence-electron chi connectivity index (χ3n) is 2.77. The molecule has 2 N–H and O–H groups in total. The summed E-state index contributed by atoms with van der Waals surface area (Å²) in [4.78, 5) is 16.0. The molecular formula is C14H14BrN3O3S. The number of carbonyl (C=O) groups is 1. The molecule has 22 heavy (non-hydrogen) atoms. The molecule has 0 saturated heterocycles. The van der Waals surface area contributed by atoms with E-state index in [1.165, 1.54) is 25.3 Å². The molecule has 0 bridgehead atoms. The Kier molecular flexibility index (Phi) is 5.28. The van der Waals surface area contributed by atoms with Crippen molar-refractivity contribution in [3.8, 4) is 0 Å². The van der Waals surface area contributed by atoms with Gasteiger partial charge in [-0.15, -0.1) is 0 Å². The summed E-state index contributed by atoms with van der Waals surface area (Å²) in [5, 5.41) is 2.54. The van der Waals surface area contributed by atoms with Crippen LogP contribution >= 0.6 is 15.9 Å². The highest BCUT2D eigenvalue weighted by Crippen LogP contribution is 2.15. The minimum absolute atomic E-state index is 0.0909. The molecular weight excluding hydrogens is 370 g/mol. The van der Waals surface area contributed by atoms with Crippen LogP contribution in [0.15, 0.2) is 58.0 Å². The summed E-state index contributed by atoms with van der Waals surface area (Å²) in [6, 6.07) is 10.3. The van der Waals surface area contributed by atoms with Gasteiger partial charge in [-0.25, -0.2) is 13.4 Å². The number of hydrogen-bond donors (Lipinski definition) is 2. The number of nitrogens with zero attached hydrogens (tertiary/aromatic N) is 1. The SMILES string of the molecule is CC(NS(=O)(=O)c1ccc(Br)cc1)C(=O)Nc1ccccn1. The van der Waals surface area contributed by atoms with Crippen molar-refractivity contribution in [1.29, 1.82) is 0 Å². The predicted octanol–water partition coefficient (Wildman–Crippen LogP) is 2.15. The molecule has 1 heterocycles. The van der Waals surface area contributed by atoms with E-state index in [-0.39, 0.29) is 4.90 Å². The van der Waals surface area contributed by atoms with Gasteiger partial charge in [0, 0.05) is 10.7 Å². The number of benzene rings is 1. The molecule has 0 aliphatic carbocycles. The minimum Gasteiger partial charge on any atom is -0.309 e. The fraction of sp³-hybridized carbons (Fsp3) is 0.143. The molecule has 6 nitrogen and oxygen atoms in total. The molecule has 1 aromatic heterocycles. The maximum absolute atomic E-state index is 12.2. The molecule has 0 spiro atoms. The van der Waals surface area contributed by atoms with Gasteiger partial charge in [0.05, 0.1) is 10.9 Å². The molecule has 1 amide bonds. The van der Waals surface area contributed by atoms with E-state index in [2.05, 4.69) is 31.0 Å². The second-order valence-corrected chi connectivity index (χ2v) is 7.13. The Hall–Kier alpha value is -1.77. The highest BCUT2D eigenvalue weighted by Gasteiger charge is 2.22. The third-order valence-corrected chi connectivity index (χ3v) is 4.85. The van der Waals surface area contributed by atoms with Gasteiger partial charge >= 0.3 is 0 Å². The predicted molar refractivity (Wildman–Crippen MR) is 86.8 cm³/mol. The van der Waals surface area contributed by atoms with Crippen molar-refractivity contribution in [3.05, 3.63) is 53.1 Å². The molecule has 1 aromatic carbocycles. The zero-order valence-electron chi connectivity index (χ0n) is 11.7. The number of halogens is 1. The summed E-state index contributed by atoms with van der Waals surface area (Å²) in [5.74, 6) is -0.124. The van der Waals surface area contributed by atoms with Crippen molar-refractivity contribution >= 4 is 37.7 Å². The van der Waals surface area contributed by atoms with Crippen molar-refractivity contribution < 1.29 is 13.2 Å². The zero-order valence-corrected chi connectivity index (χ0v) is 14.1. The van der Waals surface area contributed by atoms with Crippen molar-refractivity contribution in [1.82, 2.24) is 9.71 Å². The van der Waals surface area contributed by atoms with Gasteiger partial charge in [0.15, 0.2) is 0 Å². The van der Waals surface area contributed by atoms with Gasteiger partial charge < -0.3 is 5.32 Å². The van der Waals surface area contributed by atoms with Crippen molar-refractivity contribution in [3.63, 3.8) is 0 Å². The van der Waals surface area contributed by atoms with E-state index in [1.54, 1.807) is 30.3 Å². The van der Waals surface area contributed by atoms with E-state index in [1.807, 2.05) is 0 Å². The van der Waals surface area contributed by atoms with Gasteiger partial charge in [-0.05, 0) is 43.3 Å². The van der Waals surface area contributed by atoms with Crippen LogP contribution < -0.4 is 10.0 Å². The number of sulfonamides is 1. The smallest absolute Gasteiger partial charge is 0.243 e. The van der Waals surface area contributed by atoms with Gasteiger partial charge in [-0.3, -0.25) is 4.79 Å². The first-order valence-electron chi connectivity index (χ1n) is 6.38. The number of pyridine rings is 1. The lowest BCUT2D eigenvalue weighted by molar-refractivity contribution is -0.117. The standard InChI is InChI=1S/C14H14BrN3O3S/c1-10(14(19)17-13-4-2-3-9-16-13)18-22(20,21)12-7-5-11(15)6-8-12/h2-10,18H,1H3,(H,16,17,19). The summed E-state index contributed by atoms with van der Waals surface area (Å²) < 4.78 is 27.5. The molecule has 1 atom stereocenters. The molecule has 8 heteroatoms. The summed E-state index contributed by atoms with van der Waals surface area (Å²) in [5.41, 5.74) is 0. The largest absolute Gasteiger partial charge is 0.309 e. The van der Waals surface area contributed by atoms with E-state index in [4.69, 9.17) is 0 Å². The van der Waals surface area contributed by atoms with Crippen molar-refractivity contribution in [2.24, 2.45) is 0 Å². The molecule has 2 rings (SSSR count). The molecule has 0 fully saturated rings. The van der Waals surface area contributed by atoms with E-state index in [9.17, 15) is 13.2 Å². The highest BCUT2D eigenvalue weighted by molar-refractivity contribution is 9.10. The van der Waals surface area contributed by atoms with Gasteiger partial charge in [0.2, 0.25) is 15.9 Å². The molecule has 1 unspecified atom stereocenters. The Labute approximate surface area is 137 Å². The fourth-order valence-electron chi connectivity index (χ4n) is 1.64. The second-order valence-electron chi connectivity index (χ2n) is 4.50. The first-order chi connectivity index (χ1) is 10.4. The number of hydrogen-bond acceptors (Lipinski definition) is 4. The Bertz CT molecular complexity index is 749. The van der Waals surface area contributed by atoms with E-state index >= 15 is 0 Å². The number of carbonyl (C=O) groups excluding carboxylic acids is 1. The Morgan fingerprint density at radius 3 is 2.45 bits per heavy atom. The van der Waals surface area contributed by atoms with E-state index < -0.39 is 22.0 Å². The normalized spacial score (nSPS) is 12.6.